The van der Waals surface area contributed by atoms with Crippen LogP contribution in [0.15, 0.2) is 58.3 Å². The predicted octanol–water partition coefficient (Wildman–Crippen LogP) is 4.26. The first-order valence-electron chi connectivity index (χ1n) is 8.34. The van der Waals surface area contributed by atoms with Crippen LogP contribution in [0.4, 0.5) is 0 Å². The predicted molar refractivity (Wildman–Crippen MR) is 108 cm³/mol. The molecule has 4 aromatic carbocycles. The topological polar surface area (TPSA) is 109 Å². The highest BCUT2D eigenvalue weighted by atomic mass is 32.2. The molecule has 0 bridgehead atoms. The number of hydrogen-bond donors (Lipinski definition) is 2. The van der Waals surface area contributed by atoms with E-state index >= 15 is 0 Å². The Morgan fingerprint density at radius 3 is 1.89 bits per heavy atom. The minimum absolute atomic E-state index is 0.0824. The van der Waals surface area contributed by atoms with Gasteiger partial charge in [0.2, 0.25) is 0 Å². The molecule has 28 heavy (non-hydrogen) atoms. The number of fused-ring (bicyclic) bond motifs is 4. The second kappa shape index (κ2) is 5.99. The Morgan fingerprint density at radius 1 is 0.643 bits per heavy atom. The average Bonchev–Trinajstić information content (AvgIpc) is 2.62. The fourth-order valence-electron chi connectivity index (χ4n) is 3.97. The Hall–Kier alpha value is -2.52. The van der Waals surface area contributed by atoms with Gasteiger partial charge in [0.15, 0.2) is 0 Å². The van der Waals surface area contributed by atoms with E-state index in [1.165, 1.54) is 6.07 Å². The van der Waals surface area contributed by atoms with E-state index in [1.54, 1.807) is 13.8 Å². The van der Waals surface area contributed by atoms with Gasteiger partial charge < -0.3 is 0 Å². The zero-order valence-electron chi connectivity index (χ0n) is 15.0. The molecule has 0 radical (unpaired) electrons. The van der Waals surface area contributed by atoms with E-state index in [0.29, 0.717) is 10.9 Å². The molecule has 0 fully saturated rings. The third-order valence-corrected chi connectivity index (χ3v) is 7.11. The lowest BCUT2D eigenvalue weighted by Gasteiger charge is -2.17. The van der Waals surface area contributed by atoms with Crippen molar-refractivity contribution in [2.75, 3.05) is 0 Å². The quantitative estimate of drug-likeness (QED) is 0.287. The Morgan fingerprint density at radius 2 is 1.25 bits per heavy atom. The van der Waals surface area contributed by atoms with Gasteiger partial charge in [0, 0.05) is 5.39 Å². The molecule has 4 rings (SSSR count). The second-order valence-corrected chi connectivity index (χ2v) is 9.47. The molecule has 4 aromatic rings. The zero-order chi connectivity index (χ0) is 20.4. The van der Waals surface area contributed by atoms with Gasteiger partial charge in [-0.15, -0.1) is 0 Å². The van der Waals surface area contributed by atoms with Crippen LogP contribution in [0.2, 0.25) is 0 Å². The van der Waals surface area contributed by atoms with Gasteiger partial charge in [0.1, 0.15) is 9.79 Å². The van der Waals surface area contributed by atoms with Crippen LogP contribution in [-0.4, -0.2) is 25.9 Å². The number of aryl methyl sites for hydroxylation is 2. The standard InChI is InChI=1S/C20H16O6S2/c1-11-14-8-7-13-5-3-4-6-16(13)18(14)12(2)19-15(11)9-10-17(27(21,22)23)20(19)28(24,25)26/h3-10H,1-2H3,(H,21,22,23)(H,24,25,26). The smallest absolute Gasteiger partial charge is 0.282 e. The second-order valence-electron chi connectivity index (χ2n) is 6.72. The summed E-state index contributed by atoms with van der Waals surface area (Å²) in [5.74, 6) is 0. The number of hydrogen-bond acceptors (Lipinski definition) is 4. The van der Waals surface area contributed by atoms with Crippen molar-refractivity contribution in [3.63, 3.8) is 0 Å². The van der Waals surface area contributed by atoms with Gasteiger partial charge in [-0.25, -0.2) is 0 Å². The highest BCUT2D eigenvalue weighted by molar-refractivity contribution is 7.89. The van der Waals surface area contributed by atoms with Gasteiger partial charge in [-0.05, 0) is 58.0 Å². The minimum atomic E-state index is -4.94. The zero-order valence-corrected chi connectivity index (χ0v) is 16.6. The summed E-state index contributed by atoms with van der Waals surface area (Å²) in [7, 11) is -9.82. The summed E-state index contributed by atoms with van der Waals surface area (Å²) in [6, 6.07) is 13.9. The molecule has 2 N–H and O–H groups in total. The number of rotatable bonds is 2. The molecular formula is C20H16O6S2. The van der Waals surface area contributed by atoms with E-state index in [-0.39, 0.29) is 5.39 Å². The van der Waals surface area contributed by atoms with Crippen LogP contribution in [0.5, 0.6) is 0 Å². The molecule has 8 heteroatoms. The SMILES string of the molecule is Cc1c2ccc(S(=O)(=O)O)c(S(=O)(=O)O)c2c(C)c2c1ccc1ccccc12. The molecule has 0 heterocycles. The van der Waals surface area contributed by atoms with Gasteiger partial charge in [-0.1, -0.05) is 42.5 Å². The first-order valence-corrected chi connectivity index (χ1v) is 11.2. The van der Waals surface area contributed by atoms with E-state index in [9.17, 15) is 25.9 Å². The highest BCUT2D eigenvalue weighted by Gasteiger charge is 2.28. The van der Waals surface area contributed by atoms with Crippen LogP contribution in [0, 0.1) is 13.8 Å². The van der Waals surface area contributed by atoms with Crippen LogP contribution in [0.1, 0.15) is 11.1 Å². The van der Waals surface area contributed by atoms with Crippen molar-refractivity contribution in [2.45, 2.75) is 23.6 Å². The molecule has 0 aliphatic carbocycles. The van der Waals surface area contributed by atoms with Gasteiger partial charge in [0.25, 0.3) is 20.2 Å². The summed E-state index contributed by atoms with van der Waals surface area (Å²) in [6.07, 6.45) is 0. The molecule has 0 aromatic heterocycles. The van der Waals surface area contributed by atoms with Gasteiger partial charge in [-0.2, -0.15) is 16.8 Å². The van der Waals surface area contributed by atoms with E-state index in [1.807, 2.05) is 36.4 Å². The van der Waals surface area contributed by atoms with Gasteiger partial charge in [-0.3, -0.25) is 9.11 Å². The molecule has 0 saturated carbocycles. The minimum Gasteiger partial charge on any atom is -0.282 e. The largest absolute Gasteiger partial charge is 0.296 e. The summed E-state index contributed by atoms with van der Waals surface area (Å²) in [5, 5.41) is 4.04. The van der Waals surface area contributed by atoms with E-state index in [4.69, 9.17) is 0 Å². The Kier molecular flexibility index (Phi) is 4.03. The van der Waals surface area contributed by atoms with Gasteiger partial charge >= 0.3 is 0 Å². The van der Waals surface area contributed by atoms with Crippen LogP contribution >= 0.6 is 0 Å². The van der Waals surface area contributed by atoms with Crippen LogP contribution in [-0.2, 0) is 20.2 Å². The van der Waals surface area contributed by atoms with E-state index in [2.05, 4.69) is 0 Å². The molecule has 0 saturated heterocycles. The molecule has 0 atom stereocenters. The van der Waals surface area contributed by atoms with Crippen molar-refractivity contribution in [3.8, 4) is 0 Å². The van der Waals surface area contributed by atoms with Crippen molar-refractivity contribution in [2.24, 2.45) is 0 Å². The van der Waals surface area contributed by atoms with Crippen molar-refractivity contribution < 1.29 is 25.9 Å². The van der Waals surface area contributed by atoms with Crippen molar-refractivity contribution in [1.29, 1.82) is 0 Å². The Bertz CT molecular complexity index is 1520. The fraction of sp³-hybridized carbons (Fsp3) is 0.100. The lowest BCUT2D eigenvalue weighted by Crippen LogP contribution is -2.10. The summed E-state index contributed by atoms with van der Waals surface area (Å²) >= 11 is 0. The first kappa shape index (κ1) is 18.8. The average molecular weight is 416 g/mol. The molecule has 144 valence electrons. The van der Waals surface area contributed by atoms with E-state index < -0.39 is 30.0 Å². The van der Waals surface area contributed by atoms with Crippen molar-refractivity contribution >= 4 is 52.6 Å². The fourth-order valence-corrected chi connectivity index (χ4v) is 6.02. The molecule has 0 aliphatic rings. The summed E-state index contributed by atoms with van der Waals surface area (Å²) in [4.78, 5) is -1.65. The molecule has 0 spiro atoms. The lowest BCUT2D eigenvalue weighted by atomic mass is 9.90. The Balaban J connectivity index is 2.42. The molecule has 0 amide bonds. The van der Waals surface area contributed by atoms with E-state index in [0.717, 1.165) is 33.2 Å². The maximum atomic E-state index is 12.2. The summed E-state index contributed by atoms with van der Waals surface area (Å²) in [6.45, 7) is 3.48. The van der Waals surface area contributed by atoms with Crippen LogP contribution < -0.4 is 0 Å². The maximum absolute atomic E-state index is 12.2. The first-order chi connectivity index (χ1) is 13.0. The normalized spacial score (nSPS) is 12.9. The lowest BCUT2D eigenvalue weighted by molar-refractivity contribution is 0.467. The summed E-state index contributed by atoms with van der Waals surface area (Å²) in [5.41, 5.74) is 1.25. The molecule has 0 unspecified atom stereocenters. The molecule has 6 nitrogen and oxygen atoms in total. The van der Waals surface area contributed by atoms with Crippen LogP contribution in [0.3, 0.4) is 0 Å². The molecular weight excluding hydrogens is 400 g/mol. The van der Waals surface area contributed by atoms with Crippen LogP contribution in [0.25, 0.3) is 32.3 Å². The third-order valence-electron chi connectivity index (χ3n) is 5.14. The monoisotopic (exact) mass is 416 g/mol. The highest BCUT2D eigenvalue weighted by Crippen LogP contribution is 2.40. The molecule has 0 aliphatic heterocycles. The summed E-state index contributed by atoms with van der Waals surface area (Å²) < 4.78 is 67.3. The van der Waals surface area contributed by atoms with Crippen molar-refractivity contribution in [1.82, 2.24) is 0 Å². The Labute approximate surface area is 161 Å². The van der Waals surface area contributed by atoms with Crippen molar-refractivity contribution in [3.05, 3.63) is 59.7 Å². The maximum Gasteiger partial charge on any atom is 0.296 e. The van der Waals surface area contributed by atoms with Gasteiger partial charge in [0.05, 0.1) is 0 Å². The number of benzene rings is 4. The third kappa shape index (κ3) is 2.68.